The number of halogens is 2. The highest BCUT2D eigenvalue weighted by atomic mass is 19.3. The van der Waals surface area contributed by atoms with Crippen LogP contribution in [0.4, 0.5) is 30.6 Å². The van der Waals surface area contributed by atoms with Gasteiger partial charge in [0.15, 0.2) is 0 Å². The van der Waals surface area contributed by atoms with Crippen LogP contribution in [0, 0.1) is 0 Å². The Kier molecular flexibility index (Phi) is 5.50. The Morgan fingerprint density at radius 2 is 1.29 bits per heavy atom. The van der Waals surface area contributed by atoms with Gasteiger partial charge in [-0.1, -0.05) is 0 Å². The van der Waals surface area contributed by atoms with Crippen molar-refractivity contribution in [1.29, 1.82) is 0 Å². The fraction of sp³-hybridized carbons (Fsp3) is 0.0667. The number of phenols is 1. The Hall–Kier alpha value is -3.36. The molecule has 2 aromatic rings. The summed E-state index contributed by atoms with van der Waals surface area (Å²) in [5.74, 6) is -1.35. The lowest BCUT2D eigenvalue weighted by Gasteiger charge is -2.10. The van der Waals surface area contributed by atoms with Crippen LogP contribution in [0.3, 0.4) is 0 Å². The molecule has 7 nitrogen and oxygen atoms in total. The molecule has 0 fully saturated rings. The summed E-state index contributed by atoms with van der Waals surface area (Å²) in [6, 6.07) is 11.5. The van der Waals surface area contributed by atoms with Crippen molar-refractivity contribution < 1.29 is 23.5 Å². The summed E-state index contributed by atoms with van der Waals surface area (Å²) in [6.45, 7) is 0. The second-order valence-corrected chi connectivity index (χ2v) is 4.62. The van der Waals surface area contributed by atoms with E-state index in [1.807, 2.05) is 5.43 Å². The van der Waals surface area contributed by atoms with Gasteiger partial charge in [0, 0.05) is 11.4 Å². The van der Waals surface area contributed by atoms with Crippen LogP contribution < -0.4 is 21.5 Å². The van der Waals surface area contributed by atoms with Gasteiger partial charge in [0.05, 0.1) is 5.69 Å². The zero-order valence-electron chi connectivity index (χ0n) is 12.2. The summed E-state index contributed by atoms with van der Waals surface area (Å²) < 4.78 is 24.0. The first-order valence-electron chi connectivity index (χ1n) is 6.75. The number of hydrogen-bond acceptors (Lipinski definition) is 4. The number of phenolic OH excluding ortho intramolecular Hbond substituents is 1. The van der Waals surface area contributed by atoms with Gasteiger partial charge in [-0.2, -0.15) is 8.78 Å². The summed E-state index contributed by atoms with van der Waals surface area (Å²) in [5.41, 5.74) is 5.48. The fourth-order valence-corrected chi connectivity index (χ4v) is 1.66. The summed E-state index contributed by atoms with van der Waals surface area (Å²) in [5, 5.41) is 14.3. The lowest BCUT2D eigenvalue weighted by Crippen LogP contribution is -2.34. The summed E-state index contributed by atoms with van der Waals surface area (Å²) in [4.78, 5) is 22.5. The third-order valence-corrected chi connectivity index (χ3v) is 2.80. The Morgan fingerprint density at radius 1 is 0.833 bits per heavy atom. The second kappa shape index (κ2) is 7.77. The van der Waals surface area contributed by atoms with Gasteiger partial charge in [0.1, 0.15) is 5.75 Å². The molecule has 126 valence electrons. The van der Waals surface area contributed by atoms with Crippen molar-refractivity contribution in [3.63, 3.8) is 0 Å². The van der Waals surface area contributed by atoms with Crippen LogP contribution in [-0.4, -0.2) is 23.5 Å². The van der Waals surface area contributed by atoms with Gasteiger partial charge >= 0.3 is 18.4 Å². The first kappa shape index (κ1) is 17.0. The molecular formula is C15H14F2N4O3. The number of aromatic hydroxyl groups is 1. The second-order valence-electron chi connectivity index (χ2n) is 4.62. The van der Waals surface area contributed by atoms with E-state index in [2.05, 4.69) is 16.1 Å². The number of alkyl halides is 2. The molecular weight excluding hydrogens is 322 g/mol. The van der Waals surface area contributed by atoms with Crippen LogP contribution >= 0.6 is 0 Å². The SMILES string of the molecule is O=C(Nc1ccc(O)cc1)Nc1ccc(NNC(=O)C(F)F)cc1. The minimum Gasteiger partial charge on any atom is -0.508 e. The topological polar surface area (TPSA) is 102 Å². The normalized spacial score (nSPS) is 10.1. The minimum atomic E-state index is -3.11. The highest BCUT2D eigenvalue weighted by molar-refractivity contribution is 5.99. The van der Waals surface area contributed by atoms with Gasteiger partial charge in [-0.3, -0.25) is 15.6 Å². The molecule has 9 heteroatoms. The maximum atomic E-state index is 12.0. The summed E-state index contributed by atoms with van der Waals surface area (Å²) in [7, 11) is 0. The average Bonchev–Trinajstić information content (AvgIpc) is 2.56. The molecule has 0 bridgehead atoms. The van der Waals surface area contributed by atoms with Crippen LogP contribution in [-0.2, 0) is 4.79 Å². The van der Waals surface area contributed by atoms with Gasteiger partial charge in [-0.05, 0) is 48.5 Å². The van der Waals surface area contributed by atoms with Crippen molar-refractivity contribution in [1.82, 2.24) is 5.43 Å². The fourth-order valence-electron chi connectivity index (χ4n) is 1.66. The zero-order valence-corrected chi connectivity index (χ0v) is 12.2. The highest BCUT2D eigenvalue weighted by Crippen LogP contribution is 2.16. The molecule has 0 aromatic heterocycles. The Morgan fingerprint density at radius 3 is 1.79 bits per heavy atom. The molecule has 24 heavy (non-hydrogen) atoms. The Balaban J connectivity index is 1.85. The van der Waals surface area contributed by atoms with E-state index in [0.29, 0.717) is 17.1 Å². The lowest BCUT2D eigenvalue weighted by molar-refractivity contribution is -0.131. The van der Waals surface area contributed by atoms with Crippen molar-refractivity contribution in [2.24, 2.45) is 0 Å². The molecule has 0 aliphatic rings. The predicted octanol–water partition coefficient (Wildman–Crippen LogP) is 2.74. The molecule has 0 saturated heterocycles. The Labute approximate surface area is 135 Å². The van der Waals surface area contributed by atoms with E-state index in [1.165, 1.54) is 48.5 Å². The maximum absolute atomic E-state index is 12.0. The molecule has 0 unspecified atom stereocenters. The van der Waals surface area contributed by atoms with Crippen molar-refractivity contribution in [3.8, 4) is 5.75 Å². The van der Waals surface area contributed by atoms with Crippen LogP contribution in [0.25, 0.3) is 0 Å². The molecule has 0 atom stereocenters. The predicted molar refractivity (Wildman–Crippen MR) is 85.0 cm³/mol. The number of anilines is 3. The van der Waals surface area contributed by atoms with E-state index in [4.69, 9.17) is 5.11 Å². The van der Waals surface area contributed by atoms with Gasteiger partial charge in [-0.15, -0.1) is 0 Å². The number of urea groups is 1. The quantitative estimate of drug-likeness (QED) is 0.428. The third kappa shape index (κ3) is 5.13. The van der Waals surface area contributed by atoms with Crippen LogP contribution in [0.5, 0.6) is 5.75 Å². The van der Waals surface area contributed by atoms with E-state index in [9.17, 15) is 18.4 Å². The maximum Gasteiger partial charge on any atom is 0.323 e. The summed E-state index contributed by atoms with van der Waals surface area (Å²) in [6.07, 6.45) is -3.11. The van der Waals surface area contributed by atoms with Crippen LogP contribution in [0.1, 0.15) is 0 Å². The lowest BCUT2D eigenvalue weighted by atomic mass is 10.3. The number of carbonyl (C=O) groups excluding carboxylic acids is 2. The molecule has 0 aliphatic heterocycles. The monoisotopic (exact) mass is 336 g/mol. The first-order valence-corrected chi connectivity index (χ1v) is 6.75. The zero-order chi connectivity index (χ0) is 17.5. The Bertz CT molecular complexity index is 706. The minimum absolute atomic E-state index is 0.0861. The molecule has 0 heterocycles. The van der Waals surface area contributed by atoms with Crippen molar-refractivity contribution in [3.05, 3.63) is 48.5 Å². The highest BCUT2D eigenvalue weighted by Gasteiger charge is 2.13. The number of nitrogens with one attached hydrogen (secondary N) is 4. The van der Waals surface area contributed by atoms with Crippen molar-refractivity contribution in [2.45, 2.75) is 6.43 Å². The molecule has 0 radical (unpaired) electrons. The molecule has 2 aromatic carbocycles. The van der Waals surface area contributed by atoms with Crippen molar-refractivity contribution >= 4 is 29.0 Å². The molecule has 2 rings (SSSR count). The van der Waals surface area contributed by atoms with Gasteiger partial charge < -0.3 is 15.7 Å². The molecule has 5 N–H and O–H groups in total. The largest absolute Gasteiger partial charge is 0.508 e. The number of hydrogen-bond donors (Lipinski definition) is 5. The van der Waals surface area contributed by atoms with Crippen LogP contribution in [0.2, 0.25) is 0 Å². The number of amides is 3. The summed E-state index contributed by atoms with van der Waals surface area (Å²) >= 11 is 0. The molecule has 0 aliphatic carbocycles. The number of carbonyl (C=O) groups is 2. The number of hydrazine groups is 1. The van der Waals surface area contributed by atoms with E-state index >= 15 is 0 Å². The molecule has 0 saturated carbocycles. The van der Waals surface area contributed by atoms with Crippen molar-refractivity contribution in [2.75, 3.05) is 16.1 Å². The van der Waals surface area contributed by atoms with E-state index in [1.54, 1.807) is 0 Å². The van der Waals surface area contributed by atoms with E-state index in [-0.39, 0.29) is 5.75 Å². The molecule has 0 spiro atoms. The smallest absolute Gasteiger partial charge is 0.323 e. The van der Waals surface area contributed by atoms with Crippen LogP contribution in [0.15, 0.2) is 48.5 Å². The third-order valence-electron chi connectivity index (χ3n) is 2.80. The van der Waals surface area contributed by atoms with E-state index < -0.39 is 18.4 Å². The van der Waals surface area contributed by atoms with Gasteiger partial charge in [0.25, 0.3) is 0 Å². The standard InChI is InChI=1S/C15H14F2N4O3/c16-13(17)14(23)21-20-11-3-1-9(2-4-11)18-15(24)19-10-5-7-12(22)8-6-10/h1-8,13,20,22H,(H,21,23)(H2,18,19,24). The van der Waals surface area contributed by atoms with Gasteiger partial charge in [0.2, 0.25) is 0 Å². The van der Waals surface area contributed by atoms with E-state index in [0.717, 1.165) is 0 Å². The average molecular weight is 336 g/mol. The van der Waals surface area contributed by atoms with Gasteiger partial charge in [-0.25, -0.2) is 4.79 Å². The number of benzene rings is 2. The number of rotatable bonds is 5. The first-order chi connectivity index (χ1) is 11.4. The molecule has 3 amide bonds.